The molecule has 140 valence electrons. The van der Waals surface area contributed by atoms with Crippen molar-refractivity contribution >= 4 is 27.3 Å². The molecule has 0 aliphatic heterocycles. The van der Waals surface area contributed by atoms with Gasteiger partial charge >= 0.3 is 0 Å². The SMILES string of the molecule is Cc1cccc(C)c1NC(=O)C(C)Oc1ccc(N(C)S(C)(=O)=O)cc1. The third-order valence-corrected chi connectivity index (χ3v) is 5.31. The number of rotatable bonds is 6. The number of carbonyl (C=O) groups excluding carboxylic acids is 1. The lowest BCUT2D eigenvalue weighted by atomic mass is 10.1. The first-order chi connectivity index (χ1) is 12.1. The van der Waals surface area contributed by atoms with Gasteiger partial charge in [0.15, 0.2) is 6.10 Å². The van der Waals surface area contributed by atoms with Crippen LogP contribution in [0.25, 0.3) is 0 Å². The lowest BCUT2D eigenvalue weighted by Gasteiger charge is -2.19. The number of hydrogen-bond donors (Lipinski definition) is 1. The lowest BCUT2D eigenvalue weighted by molar-refractivity contribution is -0.122. The molecule has 26 heavy (non-hydrogen) atoms. The molecule has 0 bridgehead atoms. The Labute approximate surface area is 154 Å². The fourth-order valence-electron chi connectivity index (χ4n) is 2.42. The molecule has 1 atom stereocenters. The standard InChI is InChI=1S/C19H24N2O4S/c1-13-7-6-8-14(2)18(13)20-19(22)15(3)25-17-11-9-16(10-12-17)21(4)26(5,23)24/h6-12,15H,1-5H3,(H,20,22). The molecule has 2 aromatic carbocycles. The number of amides is 1. The van der Waals surface area contributed by atoms with Crippen molar-refractivity contribution in [3.05, 3.63) is 53.6 Å². The Bertz CT molecular complexity index is 872. The third kappa shape index (κ3) is 4.76. The highest BCUT2D eigenvalue weighted by molar-refractivity contribution is 7.92. The van der Waals surface area contributed by atoms with E-state index in [4.69, 9.17) is 4.74 Å². The van der Waals surface area contributed by atoms with Crippen LogP contribution in [-0.2, 0) is 14.8 Å². The van der Waals surface area contributed by atoms with Crippen molar-refractivity contribution < 1.29 is 17.9 Å². The van der Waals surface area contributed by atoms with Gasteiger partial charge in [-0.15, -0.1) is 0 Å². The quantitative estimate of drug-likeness (QED) is 0.840. The van der Waals surface area contributed by atoms with Crippen LogP contribution in [0.2, 0.25) is 0 Å². The van der Waals surface area contributed by atoms with E-state index in [2.05, 4.69) is 5.32 Å². The molecular formula is C19H24N2O4S. The Balaban J connectivity index is 2.05. The summed E-state index contributed by atoms with van der Waals surface area (Å²) in [6.07, 6.45) is 0.435. The molecule has 0 spiro atoms. The molecule has 0 aliphatic carbocycles. The van der Waals surface area contributed by atoms with E-state index in [0.29, 0.717) is 11.4 Å². The molecule has 1 N–H and O–H groups in total. The molecule has 2 rings (SSSR count). The lowest BCUT2D eigenvalue weighted by Crippen LogP contribution is -2.30. The Morgan fingerprint density at radius 2 is 1.62 bits per heavy atom. The normalized spacial score (nSPS) is 12.3. The molecule has 6 nitrogen and oxygen atoms in total. The maximum Gasteiger partial charge on any atom is 0.265 e. The Hall–Kier alpha value is -2.54. The number of ether oxygens (including phenoxy) is 1. The maximum atomic E-state index is 12.4. The summed E-state index contributed by atoms with van der Waals surface area (Å²) in [4.78, 5) is 12.4. The summed E-state index contributed by atoms with van der Waals surface area (Å²) in [6, 6.07) is 12.4. The van der Waals surface area contributed by atoms with E-state index in [1.54, 1.807) is 31.2 Å². The first-order valence-electron chi connectivity index (χ1n) is 8.17. The highest BCUT2D eigenvalue weighted by Gasteiger charge is 2.17. The van der Waals surface area contributed by atoms with Crippen LogP contribution in [0.3, 0.4) is 0 Å². The van der Waals surface area contributed by atoms with Crippen molar-refractivity contribution in [3.63, 3.8) is 0 Å². The van der Waals surface area contributed by atoms with Gasteiger partial charge in [0.05, 0.1) is 11.9 Å². The third-order valence-electron chi connectivity index (χ3n) is 4.11. The van der Waals surface area contributed by atoms with E-state index in [9.17, 15) is 13.2 Å². The van der Waals surface area contributed by atoms with Crippen LogP contribution >= 0.6 is 0 Å². The minimum Gasteiger partial charge on any atom is -0.481 e. The molecule has 0 radical (unpaired) electrons. The molecule has 0 aliphatic rings. The van der Waals surface area contributed by atoms with Gasteiger partial charge in [-0.05, 0) is 56.2 Å². The molecule has 1 unspecified atom stereocenters. The molecular weight excluding hydrogens is 352 g/mol. The topological polar surface area (TPSA) is 75.7 Å². The molecule has 7 heteroatoms. The van der Waals surface area contributed by atoms with Gasteiger partial charge in [0.1, 0.15) is 5.75 Å². The summed E-state index contributed by atoms with van der Waals surface area (Å²) in [5.41, 5.74) is 3.28. The Morgan fingerprint density at radius 1 is 1.08 bits per heavy atom. The second-order valence-electron chi connectivity index (χ2n) is 6.24. The zero-order chi connectivity index (χ0) is 19.5. The van der Waals surface area contributed by atoms with Gasteiger partial charge in [-0.3, -0.25) is 9.10 Å². The zero-order valence-corrected chi connectivity index (χ0v) is 16.4. The van der Waals surface area contributed by atoms with Crippen LogP contribution in [-0.4, -0.2) is 33.7 Å². The van der Waals surface area contributed by atoms with Crippen molar-refractivity contribution in [2.75, 3.05) is 22.9 Å². The van der Waals surface area contributed by atoms with Gasteiger partial charge in [-0.1, -0.05) is 18.2 Å². The fourth-order valence-corrected chi connectivity index (χ4v) is 2.92. The molecule has 1 amide bonds. The predicted molar refractivity (Wildman–Crippen MR) is 104 cm³/mol. The van der Waals surface area contributed by atoms with Gasteiger partial charge in [0, 0.05) is 12.7 Å². The van der Waals surface area contributed by atoms with E-state index < -0.39 is 16.1 Å². The predicted octanol–water partition coefficient (Wildman–Crippen LogP) is 3.11. The number of nitrogens with zero attached hydrogens (tertiary/aromatic N) is 1. The second kappa shape index (κ2) is 7.78. The summed E-state index contributed by atoms with van der Waals surface area (Å²) in [7, 11) is -1.84. The number of hydrogen-bond acceptors (Lipinski definition) is 4. The van der Waals surface area contributed by atoms with Crippen LogP contribution < -0.4 is 14.4 Å². The summed E-state index contributed by atoms with van der Waals surface area (Å²) in [5, 5.41) is 2.90. The van der Waals surface area contributed by atoms with E-state index in [1.807, 2.05) is 32.0 Å². The number of benzene rings is 2. The first-order valence-corrected chi connectivity index (χ1v) is 10.0. The Kier molecular flexibility index (Phi) is 5.92. The highest BCUT2D eigenvalue weighted by atomic mass is 32.2. The molecule has 0 heterocycles. The second-order valence-corrected chi connectivity index (χ2v) is 8.25. The van der Waals surface area contributed by atoms with E-state index in [1.165, 1.54) is 11.4 Å². The zero-order valence-electron chi connectivity index (χ0n) is 15.6. The molecule has 0 fully saturated rings. The number of carbonyl (C=O) groups is 1. The van der Waals surface area contributed by atoms with E-state index in [-0.39, 0.29) is 5.91 Å². The van der Waals surface area contributed by atoms with Crippen molar-refractivity contribution in [2.45, 2.75) is 26.9 Å². The van der Waals surface area contributed by atoms with Crippen molar-refractivity contribution in [1.29, 1.82) is 0 Å². The van der Waals surface area contributed by atoms with E-state index in [0.717, 1.165) is 23.1 Å². The van der Waals surface area contributed by atoms with Gasteiger partial charge in [-0.2, -0.15) is 0 Å². The number of sulfonamides is 1. The van der Waals surface area contributed by atoms with Crippen LogP contribution in [0, 0.1) is 13.8 Å². The average molecular weight is 376 g/mol. The van der Waals surface area contributed by atoms with Crippen molar-refractivity contribution in [2.24, 2.45) is 0 Å². The largest absolute Gasteiger partial charge is 0.481 e. The molecule has 0 saturated carbocycles. The first kappa shape index (κ1) is 19.8. The van der Waals surface area contributed by atoms with Crippen LogP contribution in [0.15, 0.2) is 42.5 Å². The smallest absolute Gasteiger partial charge is 0.265 e. The molecule has 0 saturated heterocycles. The van der Waals surface area contributed by atoms with Gasteiger partial charge in [0.25, 0.3) is 5.91 Å². The van der Waals surface area contributed by atoms with Gasteiger partial charge in [-0.25, -0.2) is 8.42 Å². The number of anilines is 2. The van der Waals surface area contributed by atoms with E-state index >= 15 is 0 Å². The summed E-state index contributed by atoms with van der Waals surface area (Å²) < 4.78 is 30.0. The van der Waals surface area contributed by atoms with Crippen LogP contribution in [0.1, 0.15) is 18.1 Å². The van der Waals surface area contributed by atoms with Crippen LogP contribution in [0.4, 0.5) is 11.4 Å². The van der Waals surface area contributed by atoms with Crippen molar-refractivity contribution in [1.82, 2.24) is 0 Å². The Morgan fingerprint density at radius 3 is 2.12 bits per heavy atom. The number of nitrogens with one attached hydrogen (secondary N) is 1. The minimum absolute atomic E-state index is 0.250. The summed E-state index contributed by atoms with van der Waals surface area (Å²) in [6.45, 7) is 5.54. The summed E-state index contributed by atoms with van der Waals surface area (Å²) in [5.74, 6) is 0.236. The highest BCUT2D eigenvalue weighted by Crippen LogP contribution is 2.22. The van der Waals surface area contributed by atoms with Gasteiger partial charge in [0.2, 0.25) is 10.0 Å². The van der Waals surface area contributed by atoms with Gasteiger partial charge < -0.3 is 10.1 Å². The fraction of sp³-hybridized carbons (Fsp3) is 0.316. The number of para-hydroxylation sites is 1. The monoisotopic (exact) mass is 376 g/mol. The average Bonchev–Trinajstić information content (AvgIpc) is 2.57. The summed E-state index contributed by atoms with van der Waals surface area (Å²) >= 11 is 0. The maximum absolute atomic E-state index is 12.4. The van der Waals surface area contributed by atoms with Crippen LogP contribution in [0.5, 0.6) is 5.75 Å². The van der Waals surface area contributed by atoms with Crippen molar-refractivity contribution in [3.8, 4) is 5.75 Å². The molecule has 2 aromatic rings. The molecule has 0 aromatic heterocycles. The number of aryl methyl sites for hydroxylation is 2. The minimum atomic E-state index is -3.32.